The van der Waals surface area contributed by atoms with Gasteiger partial charge in [-0.2, -0.15) is 0 Å². The molecule has 0 aliphatic carbocycles. The molecular formula is C10H15ClN2O4S2. The molecule has 0 saturated carbocycles. The zero-order valence-electron chi connectivity index (χ0n) is 10.0. The van der Waals surface area contributed by atoms with E-state index in [0.717, 1.165) is 0 Å². The first-order valence-corrected chi connectivity index (χ1v) is 9.17. The van der Waals surface area contributed by atoms with Gasteiger partial charge in [-0.1, -0.05) is 6.07 Å². The third-order valence-electron chi connectivity index (χ3n) is 2.23. The molecule has 0 aliphatic heterocycles. The summed E-state index contributed by atoms with van der Waals surface area (Å²) >= 11 is 5.47. The lowest BCUT2D eigenvalue weighted by Crippen LogP contribution is -2.17. The molecule has 0 radical (unpaired) electrons. The Kier molecular flexibility index (Phi) is 5.60. The van der Waals surface area contributed by atoms with E-state index in [1.807, 2.05) is 0 Å². The largest absolute Gasteiger partial charge is 0.284 e. The van der Waals surface area contributed by atoms with E-state index in [9.17, 15) is 16.8 Å². The molecule has 0 aliphatic rings. The highest BCUT2D eigenvalue weighted by molar-refractivity contribution is 7.92. The number of anilines is 1. The molecule has 0 amide bonds. The first-order chi connectivity index (χ1) is 8.74. The van der Waals surface area contributed by atoms with Gasteiger partial charge >= 0.3 is 0 Å². The third kappa shape index (κ3) is 5.77. The molecular weight excluding hydrogens is 312 g/mol. The minimum Gasteiger partial charge on any atom is -0.284 e. The highest BCUT2D eigenvalue weighted by Gasteiger charge is 2.12. The monoisotopic (exact) mass is 326 g/mol. The van der Waals surface area contributed by atoms with Crippen molar-refractivity contribution in [1.29, 1.82) is 0 Å². The summed E-state index contributed by atoms with van der Waals surface area (Å²) in [7, 11) is -7.37. The summed E-state index contributed by atoms with van der Waals surface area (Å²) in [5.41, 5.74) is 0.164. The van der Waals surface area contributed by atoms with Crippen molar-refractivity contribution in [2.75, 3.05) is 16.4 Å². The van der Waals surface area contributed by atoms with Crippen LogP contribution in [0.15, 0.2) is 29.2 Å². The summed E-state index contributed by atoms with van der Waals surface area (Å²) in [5, 5.41) is 4.97. The Morgan fingerprint density at radius 3 is 2.42 bits per heavy atom. The standard InChI is InChI=1S/C10H15ClN2O4S2/c11-6-1-2-7-18(14,15)13-9-4-3-5-10(8-9)19(12,16)17/h3-5,8,13H,1-2,6-7H2,(H2,12,16,17). The predicted octanol–water partition coefficient (Wildman–Crippen LogP) is 1.09. The van der Waals surface area contributed by atoms with E-state index < -0.39 is 20.0 Å². The second-order valence-corrected chi connectivity index (χ2v) is 7.67. The smallest absolute Gasteiger partial charge is 0.238 e. The first kappa shape index (κ1) is 16.2. The lowest BCUT2D eigenvalue weighted by molar-refractivity contribution is 0.595. The highest BCUT2D eigenvalue weighted by Crippen LogP contribution is 2.15. The van der Waals surface area contributed by atoms with Gasteiger partial charge in [-0.3, -0.25) is 4.72 Å². The topological polar surface area (TPSA) is 106 Å². The van der Waals surface area contributed by atoms with Crippen LogP contribution < -0.4 is 9.86 Å². The van der Waals surface area contributed by atoms with Gasteiger partial charge in [0.05, 0.1) is 10.6 Å². The molecule has 19 heavy (non-hydrogen) atoms. The summed E-state index contributed by atoms with van der Waals surface area (Å²) in [6.45, 7) is 0. The SMILES string of the molecule is NS(=O)(=O)c1cccc(NS(=O)(=O)CCCCCl)c1. The maximum Gasteiger partial charge on any atom is 0.238 e. The van der Waals surface area contributed by atoms with Crippen molar-refractivity contribution in [3.63, 3.8) is 0 Å². The van der Waals surface area contributed by atoms with Crippen molar-refractivity contribution in [3.05, 3.63) is 24.3 Å². The van der Waals surface area contributed by atoms with Gasteiger partial charge < -0.3 is 0 Å². The van der Waals surface area contributed by atoms with Crippen LogP contribution in [0.25, 0.3) is 0 Å². The minimum absolute atomic E-state index is 0.0701. The maximum absolute atomic E-state index is 11.7. The molecule has 108 valence electrons. The van der Waals surface area contributed by atoms with Crippen LogP contribution in [0, 0.1) is 0 Å². The van der Waals surface area contributed by atoms with E-state index in [0.29, 0.717) is 18.7 Å². The molecule has 0 heterocycles. The van der Waals surface area contributed by atoms with Crippen LogP contribution in [0.3, 0.4) is 0 Å². The number of hydrogen-bond donors (Lipinski definition) is 2. The van der Waals surface area contributed by atoms with Crippen LogP contribution >= 0.6 is 11.6 Å². The van der Waals surface area contributed by atoms with Gasteiger partial charge in [0.15, 0.2) is 0 Å². The number of halogens is 1. The Labute approximate surface area is 118 Å². The summed E-state index contributed by atoms with van der Waals surface area (Å²) in [4.78, 5) is -0.145. The van der Waals surface area contributed by atoms with Gasteiger partial charge in [0.1, 0.15) is 0 Å². The average molecular weight is 327 g/mol. The molecule has 3 N–H and O–H groups in total. The van der Waals surface area contributed by atoms with Gasteiger partial charge in [-0.15, -0.1) is 11.6 Å². The van der Waals surface area contributed by atoms with Gasteiger partial charge in [-0.05, 0) is 31.0 Å². The first-order valence-electron chi connectivity index (χ1n) is 5.44. The Hall–Kier alpha value is -0.830. The van der Waals surface area contributed by atoms with E-state index in [2.05, 4.69) is 4.72 Å². The van der Waals surface area contributed by atoms with Crippen molar-refractivity contribution in [2.45, 2.75) is 17.7 Å². The highest BCUT2D eigenvalue weighted by atomic mass is 35.5. The third-order valence-corrected chi connectivity index (χ3v) is 4.78. The number of benzene rings is 1. The number of unbranched alkanes of at least 4 members (excludes halogenated alkanes) is 1. The number of nitrogens with one attached hydrogen (secondary N) is 1. The molecule has 6 nitrogen and oxygen atoms in total. The lowest BCUT2D eigenvalue weighted by atomic mass is 10.3. The van der Waals surface area contributed by atoms with Crippen LogP contribution in [-0.4, -0.2) is 28.5 Å². The van der Waals surface area contributed by atoms with Crippen LogP contribution in [0.5, 0.6) is 0 Å². The number of hydrogen-bond acceptors (Lipinski definition) is 4. The molecule has 1 aromatic rings. The van der Waals surface area contributed by atoms with E-state index in [4.69, 9.17) is 16.7 Å². The predicted molar refractivity (Wildman–Crippen MR) is 75.2 cm³/mol. The maximum atomic E-state index is 11.7. The van der Waals surface area contributed by atoms with Crippen molar-refractivity contribution in [2.24, 2.45) is 5.14 Å². The van der Waals surface area contributed by atoms with E-state index in [-0.39, 0.29) is 16.3 Å². The fourth-order valence-electron chi connectivity index (χ4n) is 1.35. The van der Waals surface area contributed by atoms with Crippen molar-refractivity contribution >= 4 is 37.3 Å². The lowest BCUT2D eigenvalue weighted by Gasteiger charge is -2.08. The Bertz CT molecular complexity index is 629. The van der Waals surface area contributed by atoms with Crippen LogP contribution in [0.2, 0.25) is 0 Å². The van der Waals surface area contributed by atoms with Gasteiger partial charge in [-0.25, -0.2) is 22.0 Å². The minimum atomic E-state index is -3.85. The molecule has 0 fully saturated rings. The Balaban J connectivity index is 2.83. The second kappa shape index (κ2) is 6.56. The molecule has 0 spiro atoms. The zero-order chi connectivity index (χ0) is 14.5. The van der Waals surface area contributed by atoms with Crippen LogP contribution in [0.1, 0.15) is 12.8 Å². The molecule has 0 atom stereocenters. The number of sulfonamides is 2. The molecule has 1 rings (SSSR count). The van der Waals surface area contributed by atoms with Crippen molar-refractivity contribution < 1.29 is 16.8 Å². The molecule has 9 heteroatoms. The Morgan fingerprint density at radius 2 is 1.84 bits per heavy atom. The van der Waals surface area contributed by atoms with Gasteiger partial charge in [0, 0.05) is 11.6 Å². The number of alkyl halides is 1. The number of primary sulfonamides is 1. The summed E-state index contributed by atoms with van der Waals surface area (Å²) in [6.07, 6.45) is 1.04. The fourth-order valence-corrected chi connectivity index (χ4v) is 3.27. The Morgan fingerprint density at radius 1 is 1.16 bits per heavy atom. The molecule has 1 aromatic carbocycles. The summed E-state index contributed by atoms with van der Waals surface area (Å²) in [5.74, 6) is 0.329. The molecule has 0 saturated heterocycles. The zero-order valence-corrected chi connectivity index (χ0v) is 12.4. The number of nitrogens with two attached hydrogens (primary N) is 1. The van der Waals surface area contributed by atoms with Gasteiger partial charge in [0.2, 0.25) is 20.0 Å². The number of rotatable bonds is 7. The summed E-state index contributed by atoms with van der Waals surface area (Å²) in [6, 6.07) is 5.33. The van der Waals surface area contributed by atoms with Crippen LogP contribution in [-0.2, 0) is 20.0 Å². The van der Waals surface area contributed by atoms with E-state index in [1.54, 1.807) is 0 Å². The van der Waals surface area contributed by atoms with Crippen molar-refractivity contribution in [1.82, 2.24) is 0 Å². The fraction of sp³-hybridized carbons (Fsp3) is 0.400. The van der Waals surface area contributed by atoms with E-state index >= 15 is 0 Å². The molecule has 0 bridgehead atoms. The normalized spacial score (nSPS) is 12.3. The molecule has 0 unspecified atom stereocenters. The average Bonchev–Trinajstić information content (AvgIpc) is 2.27. The van der Waals surface area contributed by atoms with Crippen molar-refractivity contribution in [3.8, 4) is 0 Å². The van der Waals surface area contributed by atoms with Gasteiger partial charge in [0.25, 0.3) is 0 Å². The van der Waals surface area contributed by atoms with E-state index in [1.165, 1.54) is 24.3 Å². The van der Waals surface area contributed by atoms with Crippen LogP contribution in [0.4, 0.5) is 5.69 Å². The molecule has 0 aromatic heterocycles. The quantitative estimate of drug-likeness (QED) is 0.578. The summed E-state index contributed by atoms with van der Waals surface area (Å²) < 4.78 is 48.0. The second-order valence-electron chi connectivity index (χ2n) is 3.89.